The third-order valence-electron chi connectivity index (χ3n) is 6.42. The topological polar surface area (TPSA) is 97.4 Å². The summed E-state index contributed by atoms with van der Waals surface area (Å²) in [6, 6.07) is 34.6. The van der Waals surface area contributed by atoms with Crippen LogP contribution in [0.25, 0.3) is 0 Å². The van der Waals surface area contributed by atoms with Gasteiger partial charge in [-0.25, -0.2) is 14.4 Å². The first-order valence-electron chi connectivity index (χ1n) is 13.1. The van der Waals surface area contributed by atoms with E-state index in [0.29, 0.717) is 16.7 Å². The Morgan fingerprint density at radius 3 is 1.71 bits per heavy atom. The minimum Gasteiger partial charge on any atom is -0.458 e. The molecule has 0 N–H and O–H groups in total. The van der Waals surface area contributed by atoms with Crippen LogP contribution in [0.1, 0.15) is 42.9 Å². The number of rotatable bonds is 9. The molecule has 0 radical (unpaired) electrons. The van der Waals surface area contributed by atoms with E-state index < -0.39 is 42.5 Å². The van der Waals surface area contributed by atoms with Gasteiger partial charge < -0.3 is 23.7 Å². The first-order valence-corrected chi connectivity index (χ1v) is 13.1. The molecule has 0 spiro atoms. The van der Waals surface area contributed by atoms with Crippen molar-refractivity contribution in [1.82, 2.24) is 0 Å². The van der Waals surface area contributed by atoms with Crippen LogP contribution in [0.5, 0.6) is 0 Å². The van der Waals surface area contributed by atoms with Crippen LogP contribution in [0.4, 0.5) is 0 Å². The lowest BCUT2D eigenvalue weighted by molar-refractivity contribution is -0.276. The van der Waals surface area contributed by atoms with Crippen LogP contribution in [-0.2, 0) is 23.7 Å². The van der Waals surface area contributed by atoms with Crippen molar-refractivity contribution in [3.8, 4) is 0 Å². The summed E-state index contributed by atoms with van der Waals surface area (Å²) in [5.74, 6) is -1.85. The summed E-state index contributed by atoms with van der Waals surface area (Å²) in [6.45, 7) is -0.396. The minimum absolute atomic E-state index is 0.0468. The van der Waals surface area contributed by atoms with Crippen molar-refractivity contribution in [3.05, 3.63) is 144 Å². The van der Waals surface area contributed by atoms with Crippen molar-refractivity contribution in [2.45, 2.75) is 24.6 Å². The number of carbonyl (C=O) groups excluding carboxylic acids is 3. The van der Waals surface area contributed by atoms with Crippen molar-refractivity contribution in [3.63, 3.8) is 0 Å². The highest BCUT2D eigenvalue weighted by atomic mass is 16.7. The summed E-state index contributed by atoms with van der Waals surface area (Å²) in [7, 11) is 0. The number of esters is 3. The number of hydrogen-bond donors (Lipinski definition) is 0. The summed E-state index contributed by atoms with van der Waals surface area (Å²) in [5, 5.41) is 0. The monoisotopic (exact) mass is 552 g/mol. The second kappa shape index (κ2) is 13.5. The highest BCUT2D eigenvalue weighted by molar-refractivity contribution is 5.90. The second-order valence-electron chi connectivity index (χ2n) is 9.26. The van der Waals surface area contributed by atoms with Gasteiger partial charge >= 0.3 is 17.9 Å². The molecule has 0 aromatic heterocycles. The summed E-state index contributed by atoms with van der Waals surface area (Å²) in [4.78, 5) is 39.0. The molecule has 4 atom stereocenters. The molecular formula is C33H28O8. The van der Waals surface area contributed by atoms with Crippen molar-refractivity contribution in [2.75, 3.05) is 13.2 Å². The highest BCUT2D eigenvalue weighted by Gasteiger charge is 2.43. The maximum absolute atomic E-state index is 13.2. The summed E-state index contributed by atoms with van der Waals surface area (Å²) < 4.78 is 29.5. The van der Waals surface area contributed by atoms with Gasteiger partial charge in [-0.05, 0) is 36.4 Å². The van der Waals surface area contributed by atoms with Gasteiger partial charge in [0.2, 0.25) is 0 Å². The average Bonchev–Trinajstić information content (AvgIpc) is 3.04. The van der Waals surface area contributed by atoms with E-state index in [9.17, 15) is 14.4 Å². The van der Waals surface area contributed by atoms with Gasteiger partial charge in [-0.2, -0.15) is 0 Å². The predicted molar refractivity (Wildman–Crippen MR) is 148 cm³/mol. The van der Waals surface area contributed by atoms with E-state index in [-0.39, 0.29) is 13.2 Å². The Hall–Kier alpha value is -4.79. The molecule has 41 heavy (non-hydrogen) atoms. The van der Waals surface area contributed by atoms with E-state index >= 15 is 0 Å². The van der Waals surface area contributed by atoms with Crippen molar-refractivity contribution < 1.29 is 38.1 Å². The standard InChI is InChI=1S/C33H28O8/c34-30(23-13-5-1-6-14-23)37-21-27(39-31(35)24-15-7-2-8-16-24)29-28(40-32(36)25-17-9-3-10-18-25)22-38-33(41-29)26-19-11-4-12-20-26/h1-20,27-29,33H,21-22H2/t27-,28+,29+,33+/m1/s1. The Morgan fingerprint density at radius 1 is 0.659 bits per heavy atom. The zero-order chi connectivity index (χ0) is 28.4. The summed E-state index contributed by atoms with van der Waals surface area (Å²) in [5.41, 5.74) is 1.70. The molecule has 1 aliphatic rings. The molecule has 0 unspecified atom stereocenters. The number of ether oxygens (including phenoxy) is 5. The van der Waals surface area contributed by atoms with Crippen LogP contribution >= 0.6 is 0 Å². The van der Waals surface area contributed by atoms with Crippen molar-refractivity contribution in [1.29, 1.82) is 0 Å². The maximum Gasteiger partial charge on any atom is 0.338 e. The Bertz CT molecular complexity index is 1430. The van der Waals surface area contributed by atoms with E-state index in [1.54, 1.807) is 91.0 Å². The van der Waals surface area contributed by atoms with Crippen LogP contribution in [0.2, 0.25) is 0 Å². The molecule has 208 valence electrons. The maximum atomic E-state index is 13.2. The first-order chi connectivity index (χ1) is 20.1. The van der Waals surface area contributed by atoms with Gasteiger partial charge in [-0.1, -0.05) is 84.9 Å². The molecule has 4 aromatic rings. The van der Waals surface area contributed by atoms with Crippen molar-refractivity contribution >= 4 is 17.9 Å². The lowest BCUT2D eigenvalue weighted by atomic mass is 10.1. The Labute approximate surface area is 237 Å². The van der Waals surface area contributed by atoms with Crippen LogP contribution < -0.4 is 0 Å². The smallest absolute Gasteiger partial charge is 0.338 e. The third-order valence-corrected chi connectivity index (χ3v) is 6.42. The predicted octanol–water partition coefficient (Wildman–Crippen LogP) is 5.41. The number of benzene rings is 4. The van der Waals surface area contributed by atoms with Crippen LogP contribution in [-0.4, -0.2) is 49.4 Å². The van der Waals surface area contributed by atoms with E-state index in [0.717, 1.165) is 5.56 Å². The van der Waals surface area contributed by atoms with Gasteiger partial charge in [0, 0.05) is 5.56 Å². The molecule has 8 nitrogen and oxygen atoms in total. The summed E-state index contributed by atoms with van der Waals surface area (Å²) >= 11 is 0. The molecule has 5 rings (SSSR count). The van der Waals surface area contributed by atoms with Gasteiger partial charge in [-0.15, -0.1) is 0 Å². The zero-order valence-electron chi connectivity index (χ0n) is 22.0. The van der Waals surface area contributed by atoms with Gasteiger partial charge in [-0.3, -0.25) is 0 Å². The molecule has 0 saturated carbocycles. The molecule has 1 heterocycles. The van der Waals surface area contributed by atoms with Gasteiger partial charge in [0.05, 0.1) is 23.3 Å². The largest absolute Gasteiger partial charge is 0.458 e. The molecular weight excluding hydrogens is 524 g/mol. The quantitative estimate of drug-likeness (QED) is 0.201. The minimum atomic E-state index is -1.14. The van der Waals surface area contributed by atoms with Gasteiger partial charge in [0.15, 0.2) is 18.5 Å². The molecule has 0 amide bonds. The molecule has 0 bridgehead atoms. The Balaban J connectivity index is 1.43. The lowest BCUT2D eigenvalue weighted by Gasteiger charge is -2.39. The SMILES string of the molecule is O=C(OC[C@@H](OC(=O)c1ccccc1)[C@@H]1O[C@@H](c2ccccc2)OC[C@@H]1OC(=O)c1ccccc1)c1ccccc1. The average molecular weight is 553 g/mol. The fraction of sp³-hybridized carbons (Fsp3) is 0.182. The van der Waals surface area contributed by atoms with Gasteiger partial charge in [0.1, 0.15) is 12.7 Å². The normalized spacial score (nSPS) is 19.0. The number of hydrogen-bond acceptors (Lipinski definition) is 8. The Morgan fingerprint density at radius 2 is 1.15 bits per heavy atom. The highest BCUT2D eigenvalue weighted by Crippen LogP contribution is 2.31. The van der Waals surface area contributed by atoms with E-state index in [2.05, 4.69) is 0 Å². The van der Waals surface area contributed by atoms with E-state index in [1.165, 1.54) is 0 Å². The third kappa shape index (κ3) is 7.25. The fourth-order valence-corrected chi connectivity index (χ4v) is 4.33. The molecule has 1 aliphatic heterocycles. The van der Waals surface area contributed by atoms with E-state index in [4.69, 9.17) is 23.7 Å². The van der Waals surface area contributed by atoms with Gasteiger partial charge in [0.25, 0.3) is 0 Å². The van der Waals surface area contributed by atoms with Crippen LogP contribution in [0.15, 0.2) is 121 Å². The molecule has 1 fully saturated rings. The molecule has 4 aromatic carbocycles. The Kier molecular flexibility index (Phi) is 9.15. The molecule has 8 heteroatoms. The van der Waals surface area contributed by atoms with Crippen LogP contribution in [0.3, 0.4) is 0 Å². The van der Waals surface area contributed by atoms with Crippen molar-refractivity contribution in [2.24, 2.45) is 0 Å². The molecule has 1 saturated heterocycles. The zero-order valence-corrected chi connectivity index (χ0v) is 22.0. The lowest BCUT2D eigenvalue weighted by Crippen LogP contribution is -2.52. The van der Waals surface area contributed by atoms with Crippen LogP contribution in [0, 0.1) is 0 Å². The number of carbonyl (C=O) groups is 3. The van der Waals surface area contributed by atoms with E-state index in [1.807, 2.05) is 30.3 Å². The first kappa shape index (κ1) is 27.8. The second-order valence-corrected chi connectivity index (χ2v) is 9.26. The fourth-order valence-electron chi connectivity index (χ4n) is 4.33. The molecule has 0 aliphatic carbocycles. The summed E-state index contributed by atoms with van der Waals surface area (Å²) in [6.07, 6.45) is -3.99.